The van der Waals surface area contributed by atoms with E-state index in [-0.39, 0.29) is 0 Å². The summed E-state index contributed by atoms with van der Waals surface area (Å²) in [6.07, 6.45) is 1.61. The van der Waals surface area contributed by atoms with Crippen LogP contribution in [0.5, 0.6) is 11.6 Å². The van der Waals surface area contributed by atoms with Gasteiger partial charge in [0.1, 0.15) is 17.5 Å². The van der Waals surface area contributed by atoms with Crippen molar-refractivity contribution in [2.24, 2.45) is 0 Å². The molecule has 5 nitrogen and oxygen atoms in total. The molecule has 1 aromatic carbocycles. The molecule has 2 heterocycles. The Morgan fingerprint density at radius 1 is 1.17 bits per heavy atom. The summed E-state index contributed by atoms with van der Waals surface area (Å²) in [5.41, 5.74) is 0.883. The van der Waals surface area contributed by atoms with E-state index >= 15 is 0 Å². The van der Waals surface area contributed by atoms with Crippen molar-refractivity contribution >= 4 is 5.65 Å². The van der Waals surface area contributed by atoms with E-state index in [1.54, 1.807) is 22.8 Å². The number of benzene rings is 1. The van der Waals surface area contributed by atoms with Crippen LogP contribution < -0.4 is 4.74 Å². The third kappa shape index (κ3) is 1.76. The van der Waals surface area contributed by atoms with E-state index in [2.05, 4.69) is 10.1 Å². The lowest BCUT2D eigenvalue weighted by molar-refractivity contribution is 0.446. The molecule has 0 bridgehead atoms. The zero-order valence-electron chi connectivity index (χ0n) is 9.32. The van der Waals surface area contributed by atoms with Gasteiger partial charge in [0.15, 0.2) is 5.65 Å². The summed E-state index contributed by atoms with van der Waals surface area (Å²) in [6.45, 7) is 0. The summed E-state index contributed by atoms with van der Waals surface area (Å²) in [7, 11) is 0. The first kappa shape index (κ1) is 10.3. The molecular formula is C13H8N4O. The molecule has 0 amide bonds. The van der Waals surface area contributed by atoms with Gasteiger partial charge in [0.05, 0.1) is 6.20 Å². The van der Waals surface area contributed by atoms with Gasteiger partial charge in [-0.05, 0) is 12.1 Å². The van der Waals surface area contributed by atoms with E-state index in [0.717, 1.165) is 0 Å². The first-order chi connectivity index (χ1) is 8.86. The number of ether oxygens (including phenoxy) is 1. The van der Waals surface area contributed by atoms with Gasteiger partial charge in [-0.3, -0.25) is 0 Å². The molecule has 0 aliphatic carbocycles. The van der Waals surface area contributed by atoms with Gasteiger partial charge in [-0.25, -0.2) is 4.98 Å². The second-order valence-electron chi connectivity index (χ2n) is 3.61. The van der Waals surface area contributed by atoms with E-state index in [9.17, 15) is 0 Å². The summed E-state index contributed by atoms with van der Waals surface area (Å²) < 4.78 is 7.25. The fraction of sp³-hybridized carbons (Fsp3) is 0. The average molecular weight is 236 g/mol. The molecule has 18 heavy (non-hydrogen) atoms. The molecule has 2 aromatic heterocycles. The van der Waals surface area contributed by atoms with Crippen molar-refractivity contribution in [2.45, 2.75) is 0 Å². The molecule has 0 atom stereocenters. The Morgan fingerprint density at radius 3 is 2.78 bits per heavy atom. The topological polar surface area (TPSA) is 63.2 Å². The average Bonchev–Trinajstić information content (AvgIpc) is 2.88. The standard InChI is InChI=1S/C13H8N4O/c14-9-10-8-13(17-12(16-10)6-7-15-17)18-11-4-2-1-3-5-11/h1-8H. The summed E-state index contributed by atoms with van der Waals surface area (Å²) in [4.78, 5) is 4.12. The van der Waals surface area contributed by atoms with Crippen LogP contribution in [0.2, 0.25) is 0 Å². The second-order valence-corrected chi connectivity index (χ2v) is 3.61. The zero-order valence-corrected chi connectivity index (χ0v) is 9.32. The number of fused-ring (bicyclic) bond motifs is 1. The van der Waals surface area contributed by atoms with Gasteiger partial charge >= 0.3 is 0 Å². The van der Waals surface area contributed by atoms with Gasteiger partial charge in [0, 0.05) is 12.1 Å². The number of para-hydroxylation sites is 1. The van der Waals surface area contributed by atoms with E-state index < -0.39 is 0 Å². The summed E-state index contributed by atoms with van der Waals surface area (Å²) in [6, 6.07) is 14.6. The molecule has 3 aromatic rings. The number of hydrogen-bond donors (Lipinski definition) is 0. The lowest BCUT2D eigenvalue weighted by Gasteiger charge is -2.07. The molecule has 0 fully saturated rings. The van der Waals surface area contributed by atoms with Crippen LogP contribution in [0, 0.1) is 11.3 Å². The number of hydrogen-bond acceptors (Lipinski definition) is 4. The molecule has 0 saturated carbocycles. The number of aromatic nitrogens is 3. The molecule has 0 N–H and O–H groups in total. The molecule has 0 spiro atoms. The fourth-order valence-electron chi connectivity index (χ4n) is 1.62. The van der Waals surface area contributed by atoms with Crippen molar-refractivity contribution in [3.05, 3.63) is 54.4 Å². The van der Waals surface area contributed by atoms with Crippen molar-refractivity contribution in [3.8, 4) is 17.7 Å². The van der Waals surface area contributed by atoms with Gasteiger partial charge in [0.25, 0.3) is 0 Å². The minimum absolute atomic E-state index is 0.300. The van der Waals surface area contributed by atoms with Crippen LogP contribution >= 0.6 is 0 Å². The maximum Gasteiger partial charge on any atom is 0.225 e. The molecule has 86 valence electrons. The molecule has 0 aliphatic rings. The highest BCUT2D eigenvalue weighted by Crippen LogP contribution is 2.21. The quantitative estimate of drug-likeness (QED) is 0.685. The van der Waals surface area contributed by atoms with Gasteiger partial charge < -0.3 is 4.74 Å². The Kier molecular flexibility index (Phi) is 2.39. The third-order valence-electron chi connectivity index (χ3n) is 2.41. The summed E-state index contributed by atoms with van der Waals surface area (Å²) in [5, 5.41) is 13.0. The molecular weight excluding hydrogens is 228 g/mol. The van der Waals surface area contributed by atoms with Crippen LogP contribution in [0.4, 0.5) is 0 Å². The number of rotatable bonds is 2. The highest BCUT2D eigenvalue weighted by atomic mass is 16.5. The van der Waals surface area contributed by atoms with Crippen LogP contribution in [0.15, 0.2) is 48.7 Å². The highest BCUT2D eigenvalue weighted by Gasteiger charge is 2.07. The molecule has 3 rings (SSSR count). The van der Waals surface area contributed by atoms with Gasteiger partial charge in [0.2, 0.25) is 5.88 Å². The predicted molar refractivity (Wildman–Crippen MR) is 64.2 cm³/mol. The van der Waals surface area contributed by atoms with E-state index in [4.69, 9.17) is 10.00 Å². The van der Waals surface area contributed by atoms with Crippen molar-refractivity contribution in [1.82, 2.24) is 14.6 Å². The minimum atomic E-state index is 0.300. The van der Waals surface area contributed by atoms with Gasteiger partial charge in [-0.15, -0.1) is 0 Å². The predicted octanol–water partition coefficient (Wildman–Crippen LogP) is 2.39. The Labute approximate surface area is 103 Å². The minimum Gasteiger partial charge on any atom is -0.439 e. The molecule has 0 radical (unpaired) electrons. The second kappa shape index (κ2) is 4.18. The zero-order chi connectivity index (χ0) is 12.4. The van der Waals surface area contributed by atoms with Crippen molar-refractivity contribution in [2.75, 3.05) is 0 Å². The molecule has 5 heteroatoms. The van der Waals surface area contributed by atoms with Crippen LogP contribution in [-0.4, -0.2) is 14.6 Å². The third-order valence-corrected chi connectivity index (χ3v) is 2.41. The highest BCUT2D eigenvalue weighted by molar-refractivity contribution is 5.44. The lowest BCUT2D eigenvalue weighted by atomic mass is 10.3. The Balaban J connectivity index is 2.11. The SMILES string of the molecule is N#Cc1cc(Oc2ccccc2)n2nccc2n1. The van der Waals surface area contributed by atoms with E-state index in [0.29, 0.717) is 23.0 Å². The smallest absolute Gasteiger partial charge is 0.225 e. The van der Waals surface area contributed by atoms with Crippen LogP contribution in [0.3, 0.4) is 0 Å². The fourth-order valence-corrected chi connectivity index (χ4v) is 1.62. The van der Waals surface area contributed by atoms with Gasteiger partial charge in [-0.2, -0.15) is 14.9 Å². The van der Waals surface area contributed by atoms with Crippen molar-refractivity contribution < 1.29 is 4.74 Å². The van der Waals surface area contributed by atoms with E-state index in [1.165, 1.54) is 0 Å². The van der Waals surface area contributed by atoms with Crippen molar-refractivity contribution in [3.63, 3.8) is 0 Å². The number of nitrogens with zero attached hydrogens (tertiary/aromatic N) is 4. The largest absolute Gasteiger partial charge is 0.439 e. The number of nitriles is 1. The molecule has 0 aliphatic heterocycles. The summed E-state index contributed by atoms with van der Waals surface area (Å²) >= 11 is 0. The summed E-state index contributed by atoms with van der Waals surface area (Å²) in [5.74, 6) is 1.15. The Morgan fingerprint density at radius 2 is 2.00 bits per heavy atom. The van der Waals surface area contributed by atoms with Crippen LogP contribution in [0.1, 0.15) is 5.69 Å². The van der Waals surface area contributed by atoms with Crippen LogP contribution in [0.25, 0.3) is 5.65 Å². The Hall–Kier alpha value is -2.87. The first-order valence-electron chi connectivity index (χ1n) is 5.34. The maximum atomic E-state index is 8.93. The van der Waals surface area contributed by atoms with Crippen molar-refractivity contribution in [1.29, 1.82) is 5.26 Å². The van der Waals surface area contributed by atoms with Crippen LogP contribution in [-0.2, 0) is 0 Å². The van der Waals surface area contributed by atoms with E-state index in [1.807, 2.05) is 36.4 Å². The normalized spacial score (nSPS) is 10.2. The monoisotopic (exact) mass is 236 g/mol. The maximum absolute atomic E-state index is 8.93. The molecule has 0 unspecified atom stereocenters. The molecule has 0 saturated heterocycles. The first-order valence-corrected chi connectivity index (χ1v) is 5.34. The lowest BCUT2D eigenvalue weighted by Crippen LogP contribution is -1.98. The van der Waals surface area contributed by atoms with Gasteiger partial charge in [-0.1, -0.05) is 18.2 Å². The Bertz CT molecular complexity index is 728.